The van der Waals surface area contributed by atoms with E-state index < -0.39 is 23.7 Å². The van der Waals surface area contributed by atoms with Gasteiger partial charge in [0, 0.05) is 36.8 Å². The van der Waals surface area contributed by atoms with E-state index in [1.807, 2.05) is 30.3 Å². The minimum Gasteiger partial charge on any atom is -0.445 e. The van der Waals surface area contributed by atoms with Gasteiger partial charge in [-0.1, -0.05) is 36.4 Å². The van der Waals surface area contributed by atoms with Gasteiger partial charge < -0.3 is 20.7 Å². The maximum absolute atomic E-state index is 12.9. The van der Waals surface area contributed by atoms with Crippen molar-refractivity contribution in [1.82, 2.24) is 15.5 Å². The molecular weight excluding hydrogens is 525 g/mol. The minimum atomic E-state index is -4.50. The Morgan fingerprint density at radius 2 is 1.62 bits per heavy atom. The van der Waals surface area contributed by atoms with E-state index >= 15 is 0 Å². The van der Waals surface area contributed by atoms with E-state index in [1.54, 1.807) is 0 Å². The molecule has 1 unspecified atom stereocenters. The van der Waals surface area contributed by atoms with Gasteiger partial charge in [-0.25, -0.2) is 4.79 Å². The number of piperidine rings is 1. The van der Waals surface area contributed by atoms with Crippen LogP contribution in [0.15, 0.2) is 54.6 Å². The number of likely N-dealkylation sites (tertiary alicyclic amines) is 1. The highest BCUT2D eigenvalue weighted by molar-refractivity contribution is 5.95. The molecule has 2 saturated carbocycles. The Labute approximate surface area is 230 Å². The van der Waals surface area contributed by atoms with Crippen LogP contribution in [0.3, 0.4) is 0 Å². The Morgan fingerprint density at radius 3 is 2.30 bits per heavy atom. The van der Waals surface area contributed by atoms with E-state index in [1.165, 1.54) is 12.1 Å². The van der Waals surface area contributed by atoms with Gasteiger partial charge in [0.2, 0.25) is 11.8 Å². The smallest absolute Gasteiger partial charge is 0.416 e. The first kappa shape index (κ1) is 27.9. The van der Waals surface area contributed by atoms with Crippen molar-refractivity contribution in [3.8, 4) is 0 Å². The third-order valence-electron chi connectivity index (χ3n) is 8.17. The topological polar surface area (TPSA) is 99.8 Å². The summed E-state index contributed by atoms with van der Waals surface area (Å²) in [6.45, 7) is 1.62. The van der Waals surface area contributed by atoms with Crippen LogP contribution in [0, 0.1) is 17.8 Å². The summed E-state index contributed by atoms with van der Waals surface area (Å²) in [6, 6.07) is 14.4. The third kappa shape index (κ3) is 6.93. The number of alkyl halides is 3. The van der Waals surface area contributed by atoms with Crippen molar-refractivity contribution in [3.63, 3.8) is 0 Å². The van der Waals surface area contributed by atoms with Gasteiger partial charge in [0.1, 0.15) is 6.61 Å². The molecule has 3 aliphatic rings. The predicted molar refractivity (Wildman–Crippen MR) is 141 cm³/mol. The van der Waals surface area contributed by atoms with Gasteiger partial charge >= 0.3 is 12.3 Å². The summed E-state index contributed by atoms with van der Waals surface area (Å²) >= 11 is 0. The molecule has 11 heteroatoms. The zero-order valence-corrected chi connectivity index (χ0v) is 22.0. The number of rotatable bonds is 8. The molecule has 0 radical (unpaired) electrons. The van der Waals surface area contributed by atoms with E-state index in [9.17, 15) is 27.6 Å². The Kier molecular flexibility index (Phi) is 8.30. The number of amides is 3. The fourth-order valence-electron chi connectivity index (χ4n) is 6.03. The monoisotopic (exact) mass is 558 g/mol. The maximum atomic E-state index is 12.9. The SMILES string of the molecule is O=C(CNC(=O)C1[C@H]2CN(C3CCC(NC(=O)OCc4ccccc4)CC3)C[C@@H]12)Nc1cccc(C(F)(F)F)c1. The normalized spacial score (nSPS) is 25.9. The van der Waals surface area contributed by atoms with Gasteiger partial charge in [0.15, 0.2) is 0 Å². The first-order valence-electron chi connectivity index (χ1n) is 13.6. The molecule has 2 aliphatic carbocycles. The van der Waals surface area contributed by atoms with Crippen molar-refractivity contribution in [2.24, 2.45) is 17.8 Å². The van der Waals surface area contributed by atoms with Crippen LogP contribution in [0.5, 0.6) is 0 Å². The molecule has 5 rings (SSSR count). The number of fused-ring (bicyclic) bond motifs is 1. The summed E-state index contributed by atoms with van der Waals surface area (Å²) in [5.74, 6) is -0.370. The van der Waals surface area contributed by atoms with E-state index in [2.05, 4.69) is 20.9 Å². The van der Waals surface area contributed by atoms with Crippen LogP contribution in [0.2, 0.25) is 0 Å². The molecule has 214 valence electrons. The van der Waals surface area contributed by atoms with Gasteiger partial charge in [-0.05, 0) is 61.3 Å². The molecule has 1 heterocycles. The van der Waals surface area contributed by atoms with E-state index in [4.69, 9.17) is 4.74 Å². The molecule has 3 fully saturated rings. The van der Waals surface area contributed by atoms with E-state index in [0.717, 1.165) is 56.5 Å². The van der Waals surface area contributed by atoms with Gasteiger partial charge in [-0.2, -0.15) is 13.2 Å². The van der Waals surface area contributed by atoms with Crippen molar-refractivity contribution in [2.75, 3.05) is 25.0 Å². The van der Waals surface area contributed by atoms with Crippen LogP contribution in [-0.4, -0.2) is 54.5 Å². The van der Waals surface area contributed by atoms with Crippen LogP contribution < -0.4 is 16.0 Å². The number of nitrogens with zero attached hydrogens (tertiary/aromatic N) is 1. The van der Waals surface area contributed by atoms with Crippen molar-refractivity contribution in [1.29, 1.82) is 0 Å². The summed E-state index contributed by atoms with van der Waals surface area (Å²) in [6.07, 6.45) is -1.21. The molecule has 2 aromatic carbocycles. The zero-order valence-electron chi connectivity index (χ0n) is 22.0. The van der Waals surface area contributed by atoms with Gasteiger partial charge in [0.25, 0.3) is 0 Å². The zero-order chi connectivity index (χ0) is 28.3. The number of benzene rings is 2. The van der Waals surface area contributed by atoms with Crippen molar-refractivity contribution in [2.45, 2.75) is 50.6 Å². The highest BCUT2D eigenvalue weighted by Gasteiger charge is 2.60. The molecule has 0 bridgehead atoms. The molecule has 1 saturated heterocycles. The summed E-state index contributed by atoms with van der Waals surface area (Å²) < 4.78 is 43.9. The molecule has 0 aromatic heterocycles. The second kappa shape index (κ2) is 11.9. The second-order valence-corrected chi connectivity index (χ2v) is 10.9. The lowest BCUT2D eigenvalue weighted by molar-refractivity contribution is -0.137. The lowest BCUT2D eigenvalue weighted by Crippen LogP contribution is -2.44. The Hall–Kier alpha value is -3.60. The van der Waals surface area contributed by atoms with Crippen LogP contribution in [0.4, 0.5) is 23.7 Å². The largest absolute Gasteiger partial charge is 0.445 e. The summed E-state index contributed by atoms with van der Waals surface area (Å²) in [5.41, 5.74) is 0.122. The second-order valence-electron chi connectivity index (χ2n) is 10.9. The molecule has 3 amide bonds. The minimum absolute atomic E-state index is 0.0296. The average molecular weight is 559 g/mol. The highest BCUT2D eigenvalue weighted by Crippen LogP contribution is 2.52. The number of halogens is 3. The molecule has 40 heavy (non-hydrogen) atoms. The maximum Gasteiger partial charge on any atom is 0.416 e. The average Bonchev–Trinajstić information content (AvgIpc) is 3.44. The van der Waals surface area contributed by atoms with Crippen LogP contribution >= 0.6 is 0 Å². The lowest BCUT2D eigenvalue weighted by atomic mass is 9.90. The number of ether oxygens (including phenoxy) is 1. The summed E-state index contributed by atoms with van der Waals surface area (Å²) in [7, 11) is 0. The third-order valence-corrected chi connectivity index (χ3v) is 8.17. The van der Waals surface area contributed by atoms with Crippen molar-refractivity contribution >= 4 is 23.6 Å². The highest BCUT2D eigenvalue weighted by atomic mass is 19.4. The first-order valence-corrected chi connectivity index (χ1v) is 13.6. The quantitative estimate of drug-likeness (QED) is 0.452. The van der Waals surface area contributed by atoms with E-state index in [0.29, 0.717) is 6.04 Å². The summed E-state index contributed by atoms with van der Waals surface area (Å²) in [5, 5.41) is 8.01. The molecule has 1 aliphatic heterocycles. The van der Waals surface area contributed by atoms with Gasteiger partial charge in [0.05, 0.1) is 12.1 Å². The van der Waals surface area contributed by atoms with E-state index in [-0.39, 0.29) is 48.5 Å². The van der Waals surface area contributed by atoms with Crippen LogP contribution in [-0.2, 0) is 27.1 Å². The fourth-order valence-corrected chi connectivity index (χ4v) is 6.03. The summed E-state index contributed by atoms with van der Waals surface area (Å²) in [4.78, 5) is 39.4. The number of nitrogens with one attached hydrogen (secondary N) is 3. The van der Waals surface area contributed by atoms with Gasteiger partial charge in [-0.15, -0.1) is 0 Å². The Balaban J connectivity index is 0.975. The first-order chi connectivity index (χ1) is 19.2. The van der Waals surface area contributed by atoms with Crippen molar-refractivity contribution < 1.29 is 32.3 Å². The number of carbonyl (C=O) groups is 3. The molecule has 3 atom stereocenters. The molecule has 2 aromatic rings. The number of hydrogen-bond donors (Lipinski definition) is 3. The standard InChI is InChI=1S/C29H33F3N4O4/c30-29(31,32)19-7-4-8-21(13-19)34-25(37)14-33-27(38)26-23-15-36(16-24(23)26)22-11-9-20(10-12-22)35-28(39)40-17-18-5-2-1-3-6-18/h1-8,13,20,22-24,26H,9-12,14-17H2,(H,33,38)(H,34,37)(H,35,39)/t20?,22?,23-,24+,26?. The lowest BCUT2D eigenvalue weighted by Gasteiger charge is -2.35. The Bertz CT molecular complexity index is 1210. The predicted octanol–water partition coefficient (Wildman–Crippen LogP) is 4.18. The Morgan fingerprint density at radius 1 is 0.925 bits per heavy atom. The number of carbonyl (C=O) groups excluding carboxylic acids is 3. The molecular formula is C29H33F3N4O4. The van der Waals surface area contributed by atoms with Crippen LogP contribution in [0.1, 0.15) is 36.8 Å². The van der Waals surface area contributed by atoms with Gasteiger partial charge in [-0.3, -0.25) is 14.5 Å². The molecule has 8 nitrogen and oxygen atoms in total. The van der Waals surface area contributed by atoms with Crippen molar-refractivity contribution in [3.05, 3.63) is 65.7 Å². The fraction of sp³-hybridized carbons (Fsp3) is 0.483. The number of alkyl carbamates (subject to hydrolysis) is 1. The molecule has 0 spiro atoms. The van der Waals surface area contributed by atoms with Crippen LogP contribution in [0.25, 0.3) is 0 Å². The number of anilines is 1. The number of hydrogen-bond acceptors (Lipinski definition) is 5. The molecule has 3 N–H and O–H groups in total.